The average Bonchev–Trinajstić information content (AvgIpc) is 2.54. The van der Waals surface area contributed by atoms with Crippen LogP contribution in [0.5, 0.6) is 0 Å². The second-order valence-corrected chi connectivity index (χ2v) is 2.98. The van der Waals surface area contributed by atoms with Crippen LogP contribution in [-0.2, 0) is 13.1 Å². The van der Waals surface area contributed by atoms with Gasteiger partial charge in [-0.1, -0.05) is 6.92 Å². The van der Waals surface area contributed by atoms with Crippen molar-refractivity contribution in [3.05, 3.63) is 18.0 Å². The average molecular weight is 222 g/mol. The van der Waals surface area contributed by atoms with Gasteiger partial charge in [0.15, 0.2) is 0 Å². The summed E-state index contributed by atoms with van der Waals surface area (Å²) in [6, 6.07) is 0. The first-order chi connectivity index (χ1) is 6.36. The summed E-state index contributed by atoms with van der Waals surface area (Å²) in [6.07, 6.45) is 4.78. The summed E-state index contributed by atoms with van der Waals surface area (Å²) < 4.78 is 13.5. The van der Waals surface area contributed by atoms with Crippen LogP contribution in [0.25, 0.3) is 0 Å². The van der Waals surface area contributed by atoms with Crippen LogP contribution in [0.15, 0.2) is 12.4 Å². The predicted molar refractivity (Wildman–Crippen MR) is 57.4 cm³/mol. The maximum atomic E-state index is 11.9. The maximum absolute atomic E-state index is 11.9. The van der Waals surface area contributed by atoms with Crippen molar-refractivity contribution >= 4 is 12.4 Å². The molecule has 14 heavy (non-hydrogen) atoms. The minimum atomic E-state index is -0.358. The number of hydrogen-bond acceptors (Lipinski definition) is 2. The van der Waals surface area contributed by atoms with Crippen LogP contribution in [0.3, 0.4) is 0 Å². The first-order valence-corrected chi connectivity index (χ1v) is 4.65. The van der Waals surface area contributed by atoms with E-state index in [4.69, 9.17) is 0 Å². The fraction of sp³-hybridized carbons (Fsp3) is 0.667. The summed E-state index contributed by atoms with van der Waals surface area (Å²) in [5.41, 5.74) is 1.11. The van der Waals surface area contributed by atoms with Gasteiger partial charge in [-0.25, -0.2) is 4.39 Å². The van der Waals surface area contributed by atoms with Gasteiger partial charge in [0.2, 0.25) is 0 Å². The number of nitrogens with zero attached hydrogens (tertiary/aromatic N) is 2. The number of nitrogens with one attached hydrogen (secondary N) is 1. The van der Waals surface area contributed by atoms with E-state index in [1.54, 1.807) is 10.9 Å². The number of hydrogen-bond donors (Lipinski definition) is 1. The Balaban J connectivity index is 0.00000169. The molecule has 82 valence electrons. The molecule has 0 saturated carbocycles. The van der Waals surface area contributed by atoms with Crippen LogP contribution in [0.1, 0.15) is 18.9 Å². The van der Waals surface area contributed by atoms with Gasteiger partial charge in [-0.2, -0.15) is 5.10 Å². The molecule has 5 heteroatoms. The molecule has 0 atom stereocenters. The Bertz CT molecular complexity index is 240. The second-order valence-electron chi connectivity index (χ2n) is 2.98. The Morgan fingerprint density at radius 3 is 3.00 bits per heavy atom. The summed E-state index contributed by atoms with van der Waals surface area (Å²) in [5, 5.41) is 7.28. The highest BCUT2D eigenvalue weighted by Crippen LogP contribution is 1.97. The van der Waals surface area contributed by atoms with Crippen molar-refractivity contribution < 1.29 is 4.39 Å². The van der Waals surface area contributed by atoms with Crippen LogP contribution in [-0.4, -0.2) is 23.0 Å². The SMILES string of the molecule is CCCNCc1cnn(CCF)c1.Cl. The largest absolute Gasteiger partial charge is 0.313 e. The number of alkyl halides is 1. The van der Waals surface area contributed by atoms with E-state index in [0.717, 1.165) is 25.1 Å². The predicted octanol–water partition coefficient (Wildman–Crippen LogP) is 1.77. The van der Waals surface area contributed by atoms with Gasteiger partial charge in [0.1, 0.15) is 6.67 Å². The number of aryl methyl sites for hydroxylation is 1. The molecule has 0 saturated heterocycles. The lowest BCUT2D eigenvalue weighted by Crippen LogP contribution is -2.13. The van der Waals surface area contributed by atoms with Gasteiger partial charge in [-0.3, -0.25) is 4.68 Å². The first-order valence-electron chi connectivity index (χ1n) is 4.65. The van der Waals surface area contributed by atoms with Crippen LogP contribution >= 0.6 is 12.4 Å². The van der Waals surface area contributed by atoms with Crippen molar-refractivity contribution in [2.75, 3.05) is 13.2 Å². The van der Waals surface area contributed by atoms with Crippen molar-refractivity contribution in [2.24, 2.45) is 0 Å². The van der Waals surface area contributed by atoms with Gasteiger partial charge in [0.25, 0.3) is 0 Å². The molecule has 0 aliphatic heterocycles. The second kappa shape index (κ2) is 7.76. The summed E-state index contributed by atoms with van der Waals surface area (Å²) in [4.78, 5) is 0. The molecule has 0 aliphatic rings. The van der Waals surface area contributed by atoms with E-state index in [1.165, 1.54) is 0 Å². The highest BCUT2D eigenvalue weighted by molar-refractivity contribution is 5.85. The minimum absolute atomic E-state index is 0. The molecular weight excluding hydrogens is 205 g/mol. The van der Waals surface area contributed by atoms with Crippen molar-refractivity contribution in [1.82, 2.24) is 15.1 Å². The van der Waals surface area contributed by atoms with E-state index in [2.05, 4.69) is 17.3 Å². The normalized spacial score (nSPS) is 9.86. The van der Waals surface area contributed by atoms with Crippen molar-refractivity contribution in [1.29, 1.82) is 0 Å². The fourth-order valence-electron chi connectivity index (χ4n) is 1.12. The Morgan fingerprint density at radius 1 is 1.57 bits per heavy atom. The van der Waals surface area contributed by atoms with Gasteiger partial charge in [-0.15, -0.1) is 12.4 Å². The molecule has 0 radical (unpaired) electrons. The monoisotopic (exact) mass is 221 g/mol. The topological polar surface area (TPSA) is 29.9 Å². The molecule has 0 fully saturated rings. The Morgan fingerprint density at radius 2 is 2.36 bits per heavy atom. The van der Waals surface area contributed by atoms with Crippen LogP contribution in [0.2, 0.25) is 0 Å². The van der Waals surface area contributed by atoms with Gasteiger partial charge < -0.3 is 5.32 Å². The highest BCUT2D eigenvalue weighted by Gasteiger charge is 1.96. The van der Waals surface area contributed by atoms with Crippen molar-refractivity contribution in [2.45, 2.75) is 26.4 Å². The molecule has 1 heterocycles. The van der Waals surface area contributed by atoms with Crippen molar-refractivity contribution in [3.63, 3.8) is 0 Å². The van der Waals surface area contributed by atoms with Gasteiger partial charge in [0, 0.05) is 18.3 Å². The molecular formula is C9H17ClFN3. The third kappa shape index (κ3) is 4.58. The van der Waals surface area contributed by atoms with Crippen molar-refractivity contribution in [3.8, 4) is 0 Å². The zero-order valence-corrected chi connectivity index (χ0v) is 9.19. The lowest BCUT2D eigenvalue weighted by atomic mass is 10.3. The molecule has 1 aromatic rings. The highest BCUT2D eigenvalue weighted by atomic mass is 35.5. The Kier molecular flexibility index (Phi) is 7.42. The molecule has 1 N–H and O–H groups in total. The summed E-state index contributed by atoms with van der Waals surface area (Å²) >= 11 is 0. The molecule has 0 aromatic carbocycles. The van der Waals surface area contributed by atoms with Crippen LogP contribution in [0.4, 0.5) is 4.39 Å². The zero-order chi connectivity index (χ0) is 9.52. The molecule has 1 aromatic heterocycles. The summed E-state index contributed by atoms with van der Waals surface area (Å²) in [5.74, 6) is 0. The quantitative estimate of drug-likeness (QED) is 0.743. The Hall–Kier alpha value is -0.610. The number of halogens is 2. The molecule has 0 aliphatic carbocycles. The smallest absolute Gasteiger partial charge is 0.109 e. The third-order valence-electron chi connectivity index (χ3n) is 1.76. The molecule has 0 amide bonds. The number of rotatable bonds is 6. The number of aromatic nitrogens is 2. The fourth-order valence-corrected chi connectivity index (χ4v) is 1.12. The summed E-state index contributed by atoms with van der Waals surface area (Å²) in [6.45, 7) is 3.95. The van der Waals surface area contributed by atoms with E-state index in [9.17, 15) is 4.39 Å². The molecule has 0 spiro atoms. The molecule has 0 bridgehead atoms. The lowest BCUT2D eigenvalue weighted by Gasteiger charge is -1.98. The van der Waals surface area contributed by atoms with Gasteiger partial charge in [-0.05, 0) is 13.0 Å². The molecule has 3 nitrogen and oxygen atoms in total. The molecule has 0 unspecified atom stereocenters. The van der Waals surface area contributed by atoms with E-state index in [1.807, 2.05) is 6.20 Å². The standard InChI is InChI=1S/C9H16FN3.ClH/c1-2-4-11-6-9-7-12-13(8-9)5-3-10;/h7-8,11H,2-6H2,1H3;1H. The van der Waals surface area contributed by atoms with E-state index < -0.39 is 0 Å². The Labute approximate surface area is 90.1 Å². The summed E-state index contributed by atoms with van der Waals surface area (Å²) in [7, 11) is 0. The zero-order valence-electron chi connectivity index (χ0n) is 8.37. The van der Waals surface area contributed by atoms with Crippen LogP contribution in [0, 0.1) is 0 Å². The first kappa shape index (κ1) is 13.4. The van der Waals surface area contributed by atoms with E-state index >= 15 is 0 Å². The van der Waals surface area contributed by atoms with Gasteiger partial charge >= 0.3 is 0 Å². The lowest BCUT2D eigenvalue weighted by molar-refractivity contribution is 0.427. The third-order valence-corrected chi connectivity index (χ3v) is 1.76. The van der Waals surface area contributed by atoms with E-state index in [0.29, 0.717) is 6.54 Å². The maximum Gasteiger partial charge on any atom is 0.109 e. The van der Waals surface area contributed by atoms with E-state index in [-0.39, 0.29) is 19.1 Å². The van der Waals surface area contributed by atoms with Gasteiger partial charge in [0.05, 0.1) is 12.7 Å². The van der Waals surface area contributed by atoms with Crippen LogP contribution < -0.4 is 5.32 Å². The minimum Gasteiger partial charge on any atom is -0.313 e. The molecule has 1 rings (SSSR count).